The predicted octanol–water partition coefficient (Wildman–Crippen LogP) is 2.20. The molecule has 3 rings (SSSR count). The van der Waals surface area contributed by atoms with Gasteiger partial charge in [-0.2, -0.15) is 0 Å². The summed E-state index contributed by atoms with van der Waals surface area (Å²) in [5, 5.41) is 0. The lowest BCUT2D eigenvalue weighted by atomic mass is 9.84. The number of ether oxygens (including phenoxy) is 1. The topological polar surface area (TPSA) is 29.5 Å². The van der Waals surface area contributed by atoms with Gasteiger partial charge in [0, 0.05) is 31.0 Å². The molecular weight excluding hydrogens is 238 g/mol. The van der Waals surface area contributed by atoms with E-state index < -0.39 is 0 Å². The fourth-order valence-corrected chi connectivity index (χ4v) is 3.43. The van der Waals surface area contributed by atoms with Crippen LogP contribution in [0.25, 0.3) is 0 Å². The maximum atomic E-state index is 12.0. The van der Waals surface area contributed by atoms with E-state index in [1.165, 1.54) is 11.6 Å². The quantitative estimate of drug-likeness (QED) is 0.760. The van der Waals surface area contributed by atoms with Crippen LogP contribution >= 0.6 is 0 Å². The van der Waals surface area contributed by atoms with E-state index in [9.17, 15) is 4.79 Å². The normalized spacial score (nSPS) is 29.9. The zero-order valence-corrected chi connectivity index (χ0v) is 11.0. The highest BCUT2D eigenvalue weighted by Gasteiger charge is 2.45. The van der Waals surface area contributed by atoms with Crippen molar-refractivity contribution in [1.82, 2.24) is 4.90 Å². The molecule has 0 bridgehead atoms. The molecular formula is C16H19NO2. The molecule has 3 nitrogen and oxygen atoms in total. The molecule has 0 unspecified atom stereocenters. The maximum Gasteiger partial charge on any atom is 0.246 e. The molecule has 0 N–H and O–H groups in total. The van der Waals surface area contributed by atoms with Crippen LogP contribution in [0.2, 0.25) is 0 Å². The van der Waals surface area contributed by atoms with Crippen LogP contribution in [0.15, 0.2) is 43.0 Å². The number of carbonyl (C=O) groups excluding carboxylic acids is 1. The minimum Gasteiger partial charge on any atom is -0.381 e. The van der Waals surface area contributed by atoms with Gasteiger partial charge in [0.15, 0.2) is 0 Å². The van der Waals surface area contributed by atoms with Gasteiger partial charge in [0.2, 0.25) is 5.91 Å². The molecule has 1 aromatic rings. The lowest BCUT2D eigenvalue weighted by Gasteiger charge is -2.32. The Kier molecular flexibility index (Phi) is 3.38. The minimum atomic E-state index is 0.0512. The Morgan fingerprint density at radius 2 is 2.16 bits per heavy atom. The lowest BCUT2D eigenvalue weighted by Crippen LogP contribution is -2.41. The molecule has 0 aromatic heterocycles. The van der Waals surface area contributed by atoms with Gasteiger partial charge in [-0.05, 0) is 18.1 Å². The van der Waals surface area contributed by atoms with Gasteiger partial charge in [-0.15, -0.1) is 0 Å². The number of rotatable bonds is 2. The van der Waals surface area contributed by atoms with Gasteiger partial charge in [-0.3, -0.25) is 4.79 Å². The lowest BCUT2D eigenvalue weighted by molar-refractivity contribution is -0.128. The molecule has 0 spiro atoms. The van der Waals surface area contributed by atoms with Gasteiger partial charge in [-0.1, -0.05) is 36.9 Å². The van der Waals surface area contributed by atoms with E-state index in [4.69, 9.17) is 4.74 Å². The van der Waals surface area contributed by atoms with Crippen LogP contribution in [-0.4, -0.2) is 36.6 Å². The van der Waals surface area contributed by atoms with Crippen LogP contribution in [0.3, 0.4) is 0 Å². The van der Waals surface area contributed by atoms with Gasteiger partial charge in [-0.25, -0.2) is 0 Å². The van der Waals surface area contributed by atoms with Crippen molar-refractivity contribution in [1.29, 1.82) is 0 Å². The Labute approximate surface area is 113 Å². The van der Waals surface area contributed by atoms with E-state index in [0.29, 0.717) is 17.9 Å². The molecule has 3 atom stereocenters. The Hall–Kier alpha value is -1.61. The summed E-state index contributed by atoms with van der Waals surface area (Å²) >= 11 is 0. The number of fused-ring (bicyclic) bond motifs is 1. The van der Waals surface area contributed by atoms with Crippen LogP contribution in [0.1, 0.15) is 17.9 Å². The fourth-order valence-electron chi connectivity index (χ4n) is 3.43. The second kappa shape index (κ2) is 5.17. The zero-order chi connectivity index (χ0) is 13.2. The second-order valence-corrected chi connectivity index (χ2v) is 5.31. The van der Waals surface area contributed by atoms with E-state index in [1.807, 2.05) is 11.0 Å². The number of carbonyl (C=O) groups is 1. The van der Waals surface area contributed by atoms with Gasteiger partial charge >= 0.3 is 0 Å². The smallest absolute Gasteiger partial charge is 0.246 e. The van der Waals surface area contributed by atoms with Gasteiger partial charge in [0.25, 0.3) is 0 Å². The summed E-state index contributed by atoms with van der Waals surface area (Å²) < 4.78 is 5.63. The van der Waals surface area contributed by atoms with E-state index in [2.05, 4.69) is 30.8 Å². The molecule has 2 aliphatic rings. The first kappa shape index (κ1) is 12.4. The van der Waals surface area contributed by atoms with Crippen molar-refractivity contribution in [2.45, 2.75) is 18.4 Å². The molecule has 0 radical (unpaired) electrons. The Morgan fingerprint density at radius 1 is 1.37 bits per heavy atom. The summed E-state index contributed by atoms with van der Waals surface area (Å²) in [6.45, 7) is 5.91. The third kappa shape index (κ3) is 2.19. The molecule has 2 aliphatic heterocycles. The number of likely N-dealkylation sites (tertiary alicyclic amines) is 1. The summed E-state index contributed by atoms with van der Waals surface area (Å²) in [6.07, 6.45) is 2.37. The number of hydrogen-bond acceptors (Lipinski definition) is 2. The van der Waals surface area contributed by atoms with E-state index in [1.54, 1.807) is 0 Å². The zero-order valence-electron chi connectivity index (χ0n) is 11.0. The fraction of sp³-hybridized carbons (Fsp3) is 0.438. The minimum absolute atomic E-state index is 0.0512. The summed E-state index contributed by atoms with van der Waals surface area (Å²) in [5.41, 5.74) is 1.31. The van der Waals surface area contributed by atoms with E-state index in [-0.39, 0.29) is 5.91 Å². The van der Waals surface area contributed by atoms with E-state index >= 15 is 0 Å². The van der Waals surface area contributed by atoms with Gasteiger partial charge in [0.05, 0.1) is 6.61 Å². The highest BCUT2D eigenvalue weighted by atomic mass is 16.5. The van der Waals surface area contributed by atoms with Crippen LogP contribution in [-0.2, 0) is 9.53 Å². The SMILES string of the molecule is C=CC(=O)N1C[C@H](c2ccccc2)[C@H]2COCC[C@H]21. The molecule has 1 amide bonds. The Bertz CT molecular complexity index is 471. The summed E-state index contributed by atoms with van der Waals surface area (Å²) in [6, 6.07) is 10.8. The number of amides is 1. The number of benzene rings is 1. The molecule has 1 aromatic carbocycles. The standard InChI is InChI=1S/C16H19NO2/c1-2-16(18)17-10-13(12-6-4-3-5-7-12)14-11-19-9-8-15(14)17/h2-7,13-15H,1,8-11H2/t13-,14-,15-/m1/s1. The Balaban J connectivity index is 1.89. The van der Waals surface area contributed by atoms with E-state index in [0.717, 1.165) is 26.2 Å². The van der Waals surface area contributed by atoms with Gasteiger partial charge < -0.3 is 9.64 Å². The molecule has 0 aliphatic carbocycles. The van der Waals surface area contributed by atoms with Crippen molar-refractivity contribution < 1.29 is 9.53 Å². The third-order valence-electron chi connectivity index (χ3n) is 4.36. The van der Waals surface area contributed by atoms with Crippen molar-refractivity contribution in [2.75, 3.05) is 19.8 Å². The van der Waals surface area contributed by atoms with Crippen molar-refractivity contribution in [3.63, 3.8) is 0 Å². The highest BCUT2D eigenvalue weighted by Crippen LogP contribution is 2.40. The molecule has 0 saturated carbocycles. The van der Waals surface area contributed by atoms with Crippen molar-refractivity contribution in [3.05, 3.63) is 48.6 Å². The van der Waals surface area contributed by atoms with Crippen LogP contribution < -0.4 is 0 Å². The number of nitrogens with zero attached hydrogens (tertiary/aromatic N) is 1. The molecule has 3 heteroatoms. The maximum absolute atomic E-state index is 12.0. The summed E-state index contributed by atoms with van der Waals surface area (Å²) in [4.78, 5) is 14.0. The Morgan fingerprint density at radius 3 is 2.89 bits per heavy atom. The molecule has 19 heavy (non-hydrogen) atoms. The highest BCUT2D eigenvalue weighted by molar-refractivity contribution is 5.87. The first-order chi connectivity index (χ1) is 9.31. The molecule has 100 valence electrons. The molecule has 2 heterocycles. The average Bonchev–Trinajstić information content (AvgIpc) is 2.87. The van der Waals surface area contributed by atoms with Crippen molar-refractivity contribution >= 4 is 5.91 Å². The summed E-state index contributed by atoms with van der Waals surface area (Å²) in [5.74, 6) is 0.853. The number of hydrogen-bond donors (Lipinski definition) is 0. The molecule has 2 fully saturated rings. The van der Waals surface area contributed by atoms with Crippen molar-refractivity contribution in [2.24, 2.45) is 5.92 Å². The third-order valence-corrected chi connectivity index (χ3v) is 4.36. The van der Waals surface area contributed by atoms with Gasteiger partial charge in [0.1, 0.15) is 0 Å². The second-order valence-electron chi connectivity index (χ2n) is 5.31. The van der Waals surface area contributed by atoms with Crippen LogP contribution in [0, 0.1) is 5.92 Å². The monoisotopic (exact) mass is 257 g/mol. The first-order valence-electron chi connectivity index (χ1n) is 6.87. The summed E-state index contributed by atoms with van der Waals surface area (Å²) in [7, 11) is 0. The molecule has 2 saturated heterocycles. The van der Waals surface area contributed by atoms with Crippen molar-refractivity contribution in [3.8, 4) is 0 Å². The average molecular weight is 257 g/mol. The predicted molar refractivity (Wildman–Crippen MR) is 73.8 cm³/mol. The first-order valence-corrected chi connectivity index (χ1v) is 6.87. The van der Waals surface area contributed by atoms with Crippen LogP contribution in [0.4, 0.5) is 0 Å². The van der Waals surface area contributed by atoms with Crippen LogP contribution in [0.5, 0.6) is 0 Å². The largest absolute Gasteiger partial charge is 0.381 e.